The predicted molar refractivity (Wildman–Crippen MR) is 140 cm³/mol. The Morgan fingerprint density at radius 1 is 1.08 bits per heavy atom. The molecule has 1 saturated heterocycles. The minimum atomic E-state index is -1.09. The molecule has 0 bridgehead atoms. The van der Waals surface area contributed by atoms with Gasteiger partial charge in [-0.2, -0.15) is 5.26 Å². The first-order chi connectivity index (χ1) is 19.1. The van der Waals surface area contributed by atoms with Crippen molar-refractivity contribution in [3.63, 3.8) is 0 Å². The van der Waals surface area contributed by atoms with Gasteiger partial charge in [0.05, 0.1) is 30.2 Å². The lowest BCUT2D eigenvalue weighted by Crippen LogP contribution is -2.36. The van der Waals surface area contributed by atoms with E-state index in [0.29, 0.717) is 54.5 Å². The molecule has 2 aromatic heterocycles. The van der Waals surface area contributed by atoms with E-state index in [2.05, 4.69) is 31.6 Å². The Bertz CT molecular complexity index is 1610. The predicted octanol–water partition coefficient (Wildman–Crippen LogP) is 3.38. The second-order valence-corrected chi connectivity index (χ2v) is 9.01. The fraction of sp³-hybridized carbons (Fsp3) is 0.214. The molecule has 0 amide bonds. The number of carbonyl (C=O) groups excluding carboxylic acids is 1. The van der Waals surface area contributed by atoms with Crippen LogP contribution >= 0.6 is 0 Å². The van der Waals surface area contributed by atoms with Gasteiger partial charge in [-0.15, -0.1) is 5.10 Å². The van der Waals surface area contributed by atoms with E-state index in [4.69, 9.17) is 9.15 Å². The first kappa shape index (κ1) is 24.4. The molecule has 0 aliphatic carbocycles. The van der Waals surface area contributed by atoms with Crippen LogP contribution in [0.25, 0.3) is 11.6 Å². The van der Waals surface area contributed by atoms with Crippen molar-refractivity contribution in [2.75, 3.05) is 36.5 Å². The standard InChI is InChI=1S/C28H22FN7O3/c29-21-8-4-7-19-20(21)14-23(37)26(32-24(19)18-5-2-1-3-6-18)33-28-35-34-27(39-28)25-22(13-17(15-30)16-31-25)36-9-11-38-12-10-36/h1-8,13,16,26H,9-12,14H2,(H,33,35)/t26-/m1/s1. The minimum Gasteiger partial charge on any atom is -0.402 e. The van der Waals surface area contributed by atoms with Crippen molar-refractivity contribution >= 4 is 23.2 Å². The Morgan fingerprint density at radius 2 is 1.90 bits per heavy atom. The van der Waals surface area contributed by atoms with Crippen molar-refractivity contribution in [2.45, 2.75) is 12.6 Å². The second-order valence-electron chi connectivity index (χ2n) is 9.01. The molecule has 0 spiro atoms. The highest BCUT2D eigenvalue weighted by Gasteiger charge is 2.29. The van der Waals surface area contributed by atoms with E-state index in [1.165, 1.54) is 12.3 Å². The van der Waals surface area contributed by atoms with Crippen molar-refractivity contribution in [3.8, 4) is 17.7 Å². The molecular formula is C28H22FN7O3. The lowest BCUT2D eigenvalue weighted by Gasteiger charge is -2.29. The summed E-state index contributed by atoms with van der Waals surface area (Å²) in [5.74, 6) is -0.698. The number of benzene rings is 2. The summed E-state index contributed by atoms with van der Waals surface area (Å²) in [7, 11) is 0. The number of hydrogen-bond acceptors (Lipinski definition) is 10. The molecule has 10 nitrogen and oxygen atoms in total. The van der Waals surface area contributed by atoms with E-state index < -0.39 is 12.0 Å². The molecule has 39 heavy (non-hydrogen) atoms. The number of pyridine rings is 1. The van der Waals surface area contributed by atoms with Crippen LogP contribution in [-0.4, -0.2) is 59.1 Å². The van der Waals surface area contributed by atoms with Gasteiger partial charge in [0, 0.05) is 42.4 Å². The number of carbonyl (C=O) groups is 1. The van der Waals surface area contributed by atoms with Crippen LogP contribution in [0.4, 0.5) is 16.1 Å². The van der Waals surface area contributed by atoms with Gasteiger partial charge in [-0.25, -0.2) is 9.37 Å². The number of fused-ring (bicyclic) bond motifs is 1. The van der Waals surface area contributed by atoms with Gasteiger partial charge in [-0.1, -0.05) is 47.6 Å². The van der Waals surface area contributed by atoms with Gasteiger partial charge in [0.2, 0.25) is 0 Å². The van der Waals surface area contributed by atoms with Crippen LogP contribution in [-0.2, 0) is 16.0 Å². The normalized spacial score (nSPS) is 17.1. The van der Waals surface area contributed by atoms with Crippen molar-refractivity contribution in [2.24, 2.45) is 4.99 Å². The number of halogens is 1. The third-order valence-electron chi connectivity index (χ3n) is 6.57. The fourth-order valence-electron chi connectivity index (χ4n) is 4.66. The van der Waals surface area contributed by atoms with Crippen LogP contribution in [0.1, 0.15) is 22.3 Å². The number of nitrogens with zero attached hydrogens (tertiary/aromatic N) is 6. The number of aliphatic imine (C=N–C) groups is 1. The molecule has 11 heteroatoms. The summed E-state index contributed by atoms with van der Waals surface area (Å²) in [5.41, 5.74) is 3.56. The molecule has 0 saturated carbocycles. The van der Waals surface area contributed by atoms with E-state index in [-0.39, 0.29) is 29.7 Å². The lowest BCUT2D eigenvalue weighted by atomic mass is 9.95. The largest absolute Gasteiger partial charge is 0.402 e. The molecule has 0 radical (unpaired) electrons. The number of aromatic nitrogens is 3. The number of ether oxygens (including phenoxy) is 1. The molecule has 2 aliphatic heterocycles. The highest BCUT2D eigenvalue weighted by molar-refractivity contribution is 6.16. The molecule has 4 heterocycles. The maximum Gasteiger partial charge on any atom is 0.317 e. The van der Waals surface area contributed by atoms with E-state index in [0.717, 1.165) is 5.56 Å². The van der Waals surface area contributed by atoms with Crippen LogP contribution < -0.4 is 10.2 Å². The summed E-state index contributed by atoms with van der Waals surface area (Å²) in [6.45, 7) is 2.32. The second kappa shape index (κ2) is 10.4. The van der Waals surface area contributed by atoms with E-state index in [1.807, 2.05) is 35.2 Å². The average Bonchev–Trinajstić information content (AvgIpc) is 3.39. The molecule has 6 rings (SSSR count). The van der Waals surface area contributed by atoms with Crippen LogP contribution in [0.3, 0.4) is 0 Å². The van der Waals surface area contributed by atoms with Crippen LogP contribution in [0.15, 0.2) is 70.2 Å². The Kier molecular flexibility index (Phi) is 6.52. The monoisotopic (exact) mass is 523 g/mol. The molecule has 1 N–H and O–H groups in total. The highest BCUT2D eigenvalue weighted by Crippen LogP contribution is 2.31. The smallest absolute Gasteiger partial charge is 0.317 e. The first-order valence-corrected chi connectivity index (χ1v) is 12.4. The number of nitrogens with one attached hydrogen (secondary N) is 1. The fourth-order valence-corrected chi connectivity index (χ4v) is 4.66. The van der Waals surface area contributed by atoms with Gasteiger partial charge in [0.1, 0.15) is 11.9 Å². The number of ketones is 1. The highest BCUT2D eigenvalue weighted by atomic mass is 19.1. The number of hydrogen-bond donors (Lipinski definition) is 1. The number of anilines is 2. The summed E-state index contributed by atoms with van der Waals surface area (Å²) in [4.78, 5) is 24.4. The van der Waals surface area contributed by atoms with Crippen molar-refractivity contribution in [1.29, 1.82) is 5.26 Å². The average molecular weight is 524 g/mol. The van der Waals surface area contributed by atoms with Gasteiger partial charge in [0.15, 0.2) is 17.6 Å². The molecular weight excluding hydrogens is 501 g/mol. The van der Waals surface area contributed by atoms with Gasteiger partial charge >= 0.3 is 6.01 Å². The molecule has 1 atom stereocenters. The van der Waals surface area contributed by atoms with Crippen molar-refractivity contribution in [3.05, 3.63) is 88.9 Å². The van der Waals surface area contributed by atoms with Gasteiger partial charge in [-0.3, -0.25) is 9.79 Å². The van der Waals surface area contributed by atoms with E-state index in [1.54, 1.807) is 18.2 Å². The van der Waals surface area contributed by atoms with Crippen LogP contribution in [0.5, 0.6) is 0 Å². The molecule has 0 unspecified atom stereocenters. The van der Waals surface area contributed by atoms with Crippen molar-refractivity contribution in [1.82, 2.24) is 15.2 Å². The number of nitriles is 1. The van der Waals surface area contributed by atoms with Gasteiger partial charge in [-0.05, 0) is 12.1 Å². The number of morpholine rings is 1. The maximum absolute atomic E-state index is 14.8. The summed E-state index contributed by atoms with van der Waals surface area (Å²) in [5, 5.41) is 20.5. The van der Waals surface area contributed by atoms with Gasteiger partial charge < -0.3 is 19.4 Å². The summed E-state index contributed by atoms with van der Waals surface area (Å²) < 4.78 is 26.1. The Morgan fingerprint density at radius 3 is 2.69 bits per heavy atom. The summed E-state index contributed by atoms with van der Waals surface area (Å²) in [6, 6.07) is 17.8. The third kappa shape index (κ3) is 4.85. The van der Waals surface area contributed by atoms with Gasteiger partial charge in [0.25, 0.3) is 5.89 Å². The SMILES string of the molecule is N#Cc1cnc(-c2nnc(N[C@H]3N=C(c4ccccc4)c4cccc(F)c4CC3=O)o2)c(N2CCOCC2)c1. The quantitative estimate of drug-likeness (QED) is 0.418. The lowest BCUT2D eigenvalue weighted by molar-refractivity contribution is -0.119. The number of Topliss-reactive ketones (excluding diaryl/α,β-unsaturated/α-hetero) is 1. The first-order valence-electron chi connectivity index (χ1n) is 12.4. The zero-order valence-electron chi connectivity index (χ0n) is 20.7. The third-order valence-corrected chi connectivity index (χ3v) is 6.57. The zero-order chi connectivity index (χ0) is 26.8. The molecule has 194 valence electrons. The topological polar surface area (TPSA) is 130 Å². The maximum atomic E-state index is 14.8. The van der Waals surface area contributed by atoms with Crippen LogP contribution in [0, 0.1) is 17.1 Å². The minimum absolute atomic E-state index is 0.0370. The Balaban J connectivity index is 1.34. The molecule has 2 aliphatic rings. The van der Waals surface area contributed by atoms with Crippen LogP contribution in [0.2, 0.25) is 0 Å². The summed E-state index contributed by atoms with van der Waals surface area (Å²) >= 11 is 0. The molecule has 1 fully saturated rings. The van der Waals surface area contributed by atoms with Crippen molar-refractivity contribution < 1.29 is 18.3 Å². The molecule has 4 aromatic rings. The van der Waals surface area contributed by atoms with E-state index in [9.17, 15) is 14.4 Å². The number of rotatable bonds is 5. The summed E-state index contributed by atoms with van der Waals surface area (Å²) in [6.07, 6.45) is 0.194. The molecule has 2 aromatic carbocycles. The zero-order valence-corrected chi connectivity index (χ0v) is 20.7. The Hall–Kier alpha value is -4.95. The van der Waals surface area contributed by atoms with E-state index >= 15 is 0 Å². The Labute approximate surface area is 222 Å².